The molecule has 2 aliphatic heterocycles. The summed E-state index contributed by atoms with van der Waals surface area (Å²) in [6, 6.07) is 13.5. The lowest BCUT2D eigenvalue weighted by molar-refractivity contribution is 0.0733. The van der Waals surface area contributed by atoms with Gasteiger partial charge in [-0.1, -0.05) is 6.07 Å². The molecule has 2 saturated heterocycles. The fourth-order valence-electron chi connectivity index (χ4n) is 4.86. The minimum Gasteiger partial charge on any atom is -0.492 e. The number of aryl methyl sites for hydroxylation is 1. The van der Waals surface area contributed by atoms with Crippen LogP contribution in [0.3, 0.4) is 0 Å². The van der Waals surface area contributed by atoms with Gasteiger partial charge in [0.15, 0.2) is 0 Å². The number of carbonyl (C=O) groups excluding carboxylic acids is 1. The largest absolute Gasteiger partial charge is 0.492 e. The van der Waals surface area contributed by atoms with Crippen molar-refractivity contribution in [2.45, 2.75) is 38.6 Å². The smallest absolute Gasteiger partial charge is 0.254 e. The first kappa shape index (κ1) is 21.6. The summed E-state index contributed by atoms with van der Waals surface area (Å²) in [5, 5.41) is 0. The van der Waals surface area contributed by atoms with Gasteiger partial charge in [0.1, 0.15) is 24.0 Å². The number of likely N-dealkylation sites (tertiary alicyclic amines) is 2. The first-order valence-electron chi connectivity index (χ1n) is 11.9. The van der Waals surface area contributed by atoms with Crippen LogP contribution in [-0.2, 0) is 0 Å². The monoisotopic (exact) mass is 445 g/mol. The lowest BCUT2D eigenvalue weighted by Gasteiger charge is -2.25. The van der Waals surface area contributed by atoms with Crippen LogP contribution < -0.4 is 4.74 Å². The van der Waals surface area contributed by atoms with Crippen LogP contribution >= 0.6 is 0 Å². The number of imidazole rings is 1. The van der Waals surface area contributed by atoms with Crippen molar-refractivity contribution in [3.8, 4) is 11.6 Å². The van der Waals surface area contributed by atoms with Gasteiger partial charge >= 0.3 is 0 Å². The van der Waals surface area contributed by atoms with Gasteiger partial charge in [-0.15, -0.1) is 0 Å². The molecule has 2 aliphatic rings. The summed E-state index contributed by atoms with van der Waals surface area (Å²) in [6.45, 7) is 6.69. The maximum atomic E-state index is 13.3. The van der Waals surface area contributed by atoms with E-state index in [0.717, 1.165) is 49.0 Å². The summed E-state index contributed by atoms with van der Waals surface area (Å²) >= 11 is 0. The zero-order valence-electron chi connectivity index (χ0n) is 19.2. The highest BCUT2D eigenvalue weighted by atomic mass is 16.5. The highest BCUT2D eigenvalue weighted by molar-refractivity contribution is 5.94. The van der Waals surface area contributed by atoms with Crippen LogP contribution in [0.2, 0.25) is 0 Å². The maximum Gasteiger partial charge on any atom is 0.254 e. The molecule has 1 amide bonds. The van der Waals surface area contributed by atoms with Crippen LogP contribution in [0.1, 0.15) is 53.6 Å². The minimum atomic E-state index is -0.0161. The quantitative estimate of drug-likeness (QED) is 0.550. The molecule has 33 heavy (non-hydrogen) atoms. The Morgan fingerprint density at radius 2 is 1.88 bits per heavy atom. The van der Waals surface area contributed by atoms with E-state index in [0.29, 0.717) is 12.2 Å². The summed E-state index contributed by atoms with van der Waals surface area (Å²) in [6.07, 6.45) is 8.16. The van der Waals surface area contributed by atoms with E-state index in [-0.39, 0.29) is 11.9 Å². The van der Waals surface area contributed by atoms with Gasteiger partial charge in [-0.2, -0.15) is 0 Å². The lowest BCUT2D eigenvalue weighted by atomic mass is 10.1. The Hall–Kier alpha value is -3.19. The van der Waals surface area contributed by atoms with E-state index >= 15 is 0 Å². The molecule has 7 nitrogen and oxygen atoms in total. The molecule has 0 unspecified atom stereocenters. The van der Waals surface area contributed by atoms with Crippen LogP contribution in [0.25, 0.3) is 5.82 Å². The molecule has 0 bridgehead atoms. The Balaban J connectivity index is 1.25. The van der Waals surface area contributed by atoms with E-state index in [4.69, 9.17) is 9.72 Å². The molecule has 0 N–H and O–H groups in total. The third kappa shape index (κ3) is 4.78. The summed E-state index contributed by atoms with van der Waals surface area (Å²) < 4.78 is 7.86. The number of amides is 1. The molecule has 0 saturated carbocycles. The van der Waals surface area contributed by atoms with Crippen molar-refractivity contribution in [2.24, 2.45) is 0 Å². The molecule has 4 heterocycles. The summed E-state index contributed by atoms with van der Waals surface area (Å²) in [5.41, 5.74) is 1.61. The predicted octanol–water partition coefficient (Wildman–Crippen LogP) is 4.03. The van der Waals surface area contributed by atoms with E-state index < -0.39 is 0 Å². The number of nitrogens with zero attached hydrogens (tertiary/aromatic N) is 5. The average molecular weight is 446 g/mol. The average Bonchev–Trinajstić information content (AvgIpc) is 3.61. The minimum absolute atomic E-state index is 0.0161. The van der Waals surface area contributed by atoms with Crippen LogP contribution in [0, 0.1) is 6.92 Å². The van der Waals surface area contributed by atoms with Gasteiger partial charge in [-0.25, -0.2) is 9.97 Å². The highest BCUT2D eigenvalue weighted by Crippen LogP contribution is 2.33. The topological polar surface area (TPSA) is 63.5 Å². The van der Waals surface area contributed by atoms with Crippen LogP contribution in [0.15, 0.2) is 54.9 Å². The van der Waals surface area contributed by atoms with E-state index in [1.54, 1.807) is 6.20 Å². The first-order valence-corrected chi connectivity index (χ1v) is 11.9. The molecule has 0 spiro atoms. The molecule has 2 fully saturated rings. The van der Waals surface area contributed by atoms with Crippen molar-refractivity contribution < 1.29 is 9.53 Å². The van der Waals surface area contributed by atoms with Crippen molar-refractivity contribution in [3.63, 3.8) is 0 Å². The number of benzene rings is 1. The number of ether oxygens (including phenoxy) is 1. The standard InChI is InChI=1S/C26H31N5O2/c1-20-27-13-17-30(20)25-8-4-6-23(28-25)24-7-5-16-31(24)26(32)21-9-11-22(12-10-21)33-19-18-29-14-2-3-15-29/h4,6,8-13,17,24H,2-3,5,7,14-16,18-19H2,1H3/t24-/m0/s1. The fourth-order valence-corrected chi connectivity index (χ4v) is 4.86. The molecule has 2 aromatic heterocycles. The maximum absolute atomic E-state index is 13.3. The Labute approximate surface area is 195 Å². The second-order valence-corrected chi connectivity index (χ2v) is 8.84. The van der Waals surface area contributed by atoms with Crippen LogP contribution in [0.4, 0.5) is 0 Å². The Kier molecular flexibility index (Phi) is 6.39. The summed E-state index contributed by atoms with van der Waals surface area (Å²) in [7, 11) is 0. The SMILES string of the molecule is Cc1nccn1-c1cccc([C@@H]2CCCN2C(=O)c2ccc(OCCN3CCCC3)cc2)n1. The van der Waals surface area contributed by atoms with Gasteiger partial charge < -0.3 is 9.64 Å². The van der Waals surface area contributed by atoms with Crippen molar-refractivity contribution >= 4 is 5.91 Å². The van der Waals surface area contributed by atoms with E-state index in [2.05, 4.69) is 9.88 Å². The molecular weight excluding hydrogens is 414 g/mol. The second-order valence-electron chi connectivity index (χ2n) is 8.84. The zero-order valence-corrected chi connectivity index (χ0v) is 19.2. The Morgan fingerprint density at radius 3 is 2.64 bits per heavy atom. The Morgan fingerprint density at radius 1 is 1.06 bits per heavy atom. The summed E-state index contributed by atoms with van der Waals surface area (Å²) in [4.78, 5) is 26.9. The van der Waals surface area contributed by atoms with Gasteiger partial charge in [0, 0.05) is 31.0 Å². The molecule has 1 aromatic carbocycles. The number of pyridine rings is 1. The van der Waals surface area contributed by atoms with Crippen molar-refractivity contribution in [2.75, 3.05) is 32.8 Å². The molecular formula is C26H31N5O2. The Bertz CT molecular complexity index is 1090. The molecule has 5 rings (SSSR count). The van der Waals surface area contributed by atoms with Crippen molar-refractivity contribution in [3.05, 3.63) is 71.9 Å². The number of hydrogen-bond donors (Lipinski definition) is 0. The van der Waals surface area contributed by atoms with Crippen molar-refractivity contribution in [1.82, 2.24) is 24.3 Å². The second kappa shape index (κ2) is 9.75. The lowest BCUT2D eigenvalue weighted by Crippen LogP contribution is -2.31. The molecule has 0 aliphatic carbocycles. The molecule has 0 radical (unpaired) electrons. The number of hydrogen-bond acceptors (Lipinski definition) is 5. The first-order chi connectivity index (χ1) is 16.2. The third-order valence-electron chi connectivity index (χ3n) is 6.66. The van der Waals surface area contributed by atoms with Gasteiger partial charge in [-0.3, -0.25) is 14.3 Å². The summed E-state index contributed by atoms with van der Waals surface area (Å²) in [5.74, 6) is 2.58. The number of rotatable bonds is 7. The van der Waals surface area contributed by atoms with Gasteiger partial charge in [0.25, 0.3) is 5.91 Å². The number of aromatic nitrogens is 3. The zero-order chi connectivity index (χ0) is 22.6. The van der Waals surface area contributed by atoms with Crippen LogP contribution in [-0.4, -0.2) is 63.0 Å². The predicted molar refractivity (Wildman–Crippen MR) is 127 cm³/mol. The van der Waals surface area contributed by atoms with Gasteiger partial charge in [0.05, 0.1) is 11.7 Å². The normalized spacial score (nSPS) is 18.7. The highest BCUT2D eigenvalue weighted by Gasteiger charge is 2.31. The van der Waals surface area contributed by atoms with E-state index in [1.165, 1.54) is 25.9 Å². The molecule has 172 valence electrons. The molecule has 7 heteroatoms. The van der Waals surface area contributed by atoms with Crippen molar-refractivity contribution in [1.29, 1.82) is 0 Å². The third-order valence-corrected chi connectivity index (χ3v) is 6.66. The molecule has 1 atom stereocenters. The number of carbonyl (C=O) groups is 1. The molecule has 3 aromatic rings. The van der Waals surface area contributed by atoms with Gasteiger partial charge in [-0.05, 0) is 82.1 Å². The van der Waals surface area contributed by atoms with E-state index in [1.807, 2.05) is 65.1 Å². The van der Waals surface area contributed by atoms with Crippen LogP contribution in [0.5, 0.6) is 5.75 Å². The fraction of sp³-hybridized carbons (Fsp3) is 0.423. The van der Waals surface area contributed by atoms with E-state index in [9.17, 15) is 4.79 Å². The van der Waals surface area contributed by atoms with Gasteiger partial charge in [0.2, 0.25) is 0 Å².